The average molecular weight is 369 g/mol. The lowest BCUT2D eigenvalue weighted by Gasteiger charge is -2.07. The molecule has 118 valence electrons. The Hall–Kier alpha value is -1.87. The van der Waals surface area contributed by atoms with E-state index in [9.17, 15) is 0 Å². The summed E-state index contributed by atoms with van der Waals surface area (Å²) in [6.45, 7) is 6.74. The highest BCUT2D eigenvalue weighted by atomic mass is 79.9. The van der Waals surface area contributed by atoms with Gasteiger partial charge in [0.1, 0.15) is 5.52 Å². The molecular weight excluding hydrogens is 348 g/mol. The second kappa shape index (κ2) is 5.97. The Labute approximate surface area is 146 Å². The maximum absolute atomic E-state index is 3.62. The van der Waals surface area contributed by atoms with Crippen molar-refractivity contribution in [1.82, 2.24) is 4.98 Å². The van der Waals surface area contributed by atoms with Crippen LogP contribution in [0, 0.1) is 13.8 Å². The predicted molar refractivity (Wildman–Crippen MR) is 92.4 cm³/mol. The minimum atomic E-state index is 0. The summed E-state index contributed by atoms with van der Waals surface area (Å²) in [6.07, 6.45) is 6.82. The highest BCUT2D eigenvalue weighted by Crippen LogP contribution is 2.29. The summed E-state index contributed by atoms with van der Waals surface area (Å²) < 4.78 is 2.28. The minimum absolute atomic E-state index is 0. The third-order valence-electron chi connectivity index (χ3n) is 4.86. The van der Waals surface area contributed by atoms with E-state index in [1.165, 1.54) is 50.4 Å². The number of H-pyrrole nitrogens is 1. The summed E-state index contributed by atoms with van der Waals surface area (Å²) in [5, 5.41) is 2.61. The molecule has 1 aromatic carbocycles. The number of pyridine rings is 2. The van der Waals surface area contributed by atoms with Crippen molar-refractivity contribution in [3.63, 3.8) is 0 Å². The van der Waals surface area contributed by atoms with Gasteiger partial charge < -0.3 is 22.0 Å². The van der Waals surface area contributed by atoms with Crippen LogP contribution in [-0.4, -0.2) is 4.98 Å². The monoisotopic (exact) mass is 368 g/mol. The number of nitrogens with zero attached hydrogens (tertiary/aromatic N) is 1. The van der Waals surface area contributed by atoms with Gasteiger partial charge in [-0.3, -0.25) is 0 Å². The van der Waals surface area contributed by atoms with Crippen molar-refractivity contribution in [2.24, 2.45) is 0 Å². The Kier molecular flexibility index (Phi) is 4.15. The molecule has 0 spiro atoms. The number of rotatable bonds is 2. The Morgan fingerprint density at radius 2 is 1.78 bits per heavy atom. The van der Waals surface area contributed by atoms with Crippen LogP contribution in [0.4, 0.5) is 0 Å². The highest BCUT2D eigenvalue weighted by molar-refractivity contribution is 6.11. The van der Waals surface area contributed by atoms with Gasteiger partial charge in [0.2, 0.25) is 5.52 Å². The van der Waals surface area contributed by atoms with E-state index < -0.39 is 0 Å². The number of aryl methyl sites for hydroxylation is 2. The lowest BCUT2D eigenvalue weighted by atomic mass is 10.00. The topological polar surface area (TPSA) is 19.9 Å². The van der Waals surface area contributed by atoms with Crippen LogP contribution in [0.2, 0.25) is 0 Å². The molecule has 23 heavy (non-hydrogen) atoms. The van der Waals surface area contributed by atoms with E-state index >= 15 is 0 Å². The molecule has 0 atom stereocenters. The van der Waals surface area contributed by atoms with Gasteiger partial charge >= 0.3 is 0 Å². The molecule has 4 rings (SSSR count). The first kappa shape index (κ1) is 16.0. The third kappa shape index (κ3) is 2.34. The van der Waals surface area contributed by atoms with Crippen LogP contribution in [0.5, 0.6) is 0 Å². The first-order chi connectivity index (χ1) is 10.7. The van der Waals surface area contributed by atoms with E-state index in [2.05, 4.69) is 72.9 Å². The molecular formula is C20H21BrN2. The lowest BCUT2D eigenvalue weighted by Crippen LogP contribution is -3.00. The molecule has 0 saturated carbocycles. The molecule has 2 nitrogen and oxygen atoms in total. The third-order valence-corrected chi connectivity index (χ3v) is 4.86. The van der Waals surface area contributed by atoms with Gasteiger partial charge in [0.15, 0.2) is 12.4 Å². The Bertz CT molecular complexity index is 1010. The molecule has 3 aromatic heterocycles. The van der Waals surface area contributed by atoms with E-state index in [0.717, 1.165) is 6.42 Å². The molecule has 0 unspecified atom stereocenters. The zero-order valence-electron chi connectivity index (χ0n) is 13.8. The van der Waals surface area contributed by atoms with Gasteiger partial charge in [-0.25, -0.2) is 0 Å². The minimum Gasteiger partial charge on any atom is -1.00 e. The molecule has 0 aliphatic carbocycles. The number of para-hydroxylation sites is 1. The van der Waals surface area contributed by atoms with Crippen LogP contribution >= 0.6 is 0 Å². The number of aromatic amines is 1. The summed E-state index contributed by atoms with van der Waals surface area (Å²) in [5.41, 5.74) is 8.00. The number of nitrogens with one attached hydrogen (secondary N) is 1. The number of hydrogen-bond acceptors (Lipinski definition) is 0. The molecule has 0 aliphatic heterocycles. The highest BCUT2D eigenvalue weighted by Gasteiger charge is 2.18. The molecule has 0 saturated heterocycles. The number of halogens is 1. The number of aromatic nitrogens is 2. The van der Waals surface area contributed by atoms with Gasteiger partial charge in [-0.2, -0.15) is 4.40 Å². The van der Waals surface area contributed by atoms with E-state index in [1.807, 2.05) is 0 Å². The number of fused-ring (bicyclic) bond motifs is 5. The average Bonchev–Trinajstić information content (AvgIpc) is 2.90. The molecule has 0 amide bonds. The summed E-state index contributed by atoms with van der Waals surface area (Å²) in [6, 6.07) is 10.8. The predicted octanol–water partition coefficient (Wildman–Crippen LogP) is 1.63. The van der Waals surface area contributed by atoms with Crippen LogP contribution in [0.25, 0.3) is 27.3 Å². The van der Waals surface area contributed by atoms with Crippen molar-refractivity contribution < 1.29 is 21.4 Å². The zero-order chi connectivity index (χ0) is 15.3. The van der Waals surface area contributed by atoms with Crippen LogP contribution in [0.3, 0.4) is 0 Å². The number of hydrogen-bond donors (Lipinski definition) is 1. The molecule has 4 aromatic rings. The maximum atomic E-state index is 3.62. The molecule has 1 N–H and O–H groups in total. The SMILES string of the molecule is CCCc1c[n+]2ccc3c4ccccc4[nH]c3c2c(C)c1C.[Br-]. The quantitative estimate of drug-likeness (QED) is 0.519. The Morgan fingerprint density at radius 3 is 2.57 bits per heavy atom. The Balaban J connectivity index is 0.00000156. The first-order valence-electron chi connectivity index (χ1n) is 8.04. The summed E-state index contributed by atoms with van der Waals surface area (Å²) in [4.78, 5) is 3.62. The van der Waals surface area contributed by atoms with E-state index in [1.54, 1.807) is 0 Å². The van der Waals surface area contributed by atoms with E-state index in [0.29, 0.717) is 0 Å². The van der Waals surface area contributed by atoms with Gasteiger partial charge in [-0.15, -0.1) is 0 Å². The summed E-state index contributed by atoms with van der Waals surface area (Å²) in [5.74, 6) is 0. The fourth-order valence-electron chi connectivity index (χ4n) is 3.58. The van der Waals surface area contributed by atoms with Crippen LogP contribution in [0.15, 0.2) is 42.7 Å². The second-order valence-electron chi connectivity index (χ2n) is 6.19. The summed E-state index contributed by atoms with van der Waals surface area (Å²) in [7, 11) is 0. The van der Waals surface area contributed by atoms with Gasteiger partial charge in [0, 0.05) is 33.5 Å². The lowest BCUT2D eigenvalue weighted by molar-refractivity contribution is -0.511. The molecule has 3 heteroatoms. The van der Waals surface area contributed by atoms with Crippen molar-refractivity contribution >= 4 is 27.3 Å². The second-order valence-corrected chi connectivity index (χ2v) is 6.19. The summed E-state index contributed by atoms with van der Waals surface area (Å²) >= 11 is 0. The van der Waals surface area contributed by atoms with E-state index in [4.69, 9.17) is 0 Å². The van der Waals surface area contributed by atoms with Gasteiger partial charge in [-0.1, -0.05) is 31.5 Å². The van der Waals surface area contributed by atoms with Crippen LogP contribution in [-0.2, 0) is 6.42 Å². The smallest absolute Gasteiger partial charge is 0.238 e. The fourth-order valence-corrected chi connectivity index (χ4v) is 3.58. The maximum Gasteiger partial charge on any atom is 0.238 e. The first-order valence-corrected chi connectivity index (χ1v) is 8.04. The Morgan fingerprint density at radius 1 is 1.00 bits per heavy atom. The molecule has 0 aliphatic rings. The van der Waals surface area contributed by atoms with Gasteiger partial charge in [-0.05, 0) is 31.9 Å². The van der Waals surface area contributed by atoms with Crippen molar-refractivity contribution in [2.45, 2.75) is 33.6 Å². The largest absolute Gasteiger partial charge is 1.00 e. The van der Waals surface area contributed by atoms with Crippen molar-refractivity contribution in [2.75, 3.05) is 0 Å². The van der Waals surface area contributed by atoms with Crippen LogP contribution in [0.1, 0.15) is 30.0 Å². The molecule has 0 bridgehead atoms. The molecule has 0 fully saturated rings. The van der Waals surface area contributed by atoms with Crippen molar-refractivity contribution in [1.29, 1.82) is 0 Å². The fraction of sp³-hybridized carbons (Fsp3) is 0.250. The van der Waals surface area contributed by atoms with E-state index in [-0.39, 0.29) is 17.0 Å². The van der Waals surface area contributed by atoms with Crippen molar-refractivity contribution in [3.8, 4) is 0 Å². The van der Waals surface area contributed by atoms with Crippen molar-refractivity contribution in [3.05, 3.63) is 59.4 Å². The van der Waals surface area contributed by atoms with Gasteiger partial charge in [0.05, 0.1) is 0 Å². The zero-order valence-corrected chi connectivity index (χ0v) is 15.4. The van der Waals surface area contributed by atoms with Crippen LogP contribution < -0.4 is 21.4 Å². The standard InChI is InChI=1S/C20H20N2.BrH/c1-4-7-15-12-22-11-10-17-16-8-5-6-9-18(16)21-19(17)20(22)14(3)13(15)2;/h5-6,8-12H,4,7H2,1-3H3;1H. The number of benzene rings is 1. The molecule has 3 heterocycles. The van der Waals surface area contributed by atoms with Gasteiger partial charge in [0.25, 0.3) is 0 Å². The molecule has 0 radical (unpaired) electrons. The normalized spacial score (nSPS) is 11.3.